The Morgan fingerprint density at radius 3 is 3.00 bits per heavy atom. The average Bonchev–Trinajstić information content (AvgIpc) is 2.62. The van der Waals surface area contributed by atoms with Crippen LogP contribution in [0.5, 0.6) is 0 Å². The zero-order valence-electron chi connectivity index (χ0n) is 9.25. The molecule has 1 aliphatic rings. The summed E-state index contributed by atoms with van der Waals surface area (Å²) < 4.78 is 5.37. The number of aromatic nitrogens is 2. The van der Waals surface area contributed by atoms with Gasteiger partial charge in [0.05, 0.1) is 11.4 Å². The molecule has 1 unspecified atom stereocenters. The van der Waals surface area contributed by atoms with E-state index in [1.165, 1.54) is 0 Å². The van der Waals surface area contributed by atoms with Gasteiger partial charge in [-0.2, -0.15) is 5.10 Å². The van der Waals surface area contributed by atoms with Gasteiger partial charge in [-0.05, 0) is 26.2 Å². The Kier molecular flexibility index (Phi) is 3.09. The van der Waals surface area contributed by atoms with Crippen molar-refractivity contribution in [3.8, 4) is 0 Å². The Labute approximate surface area is 93.5 Å². The summed E-state index contributed by atoms with van der Waals surface area (Å²) in [5, 5.41) is 9.30. The summed E-state index contributed by atoms with van der Waals surface area (Å²) in [6.07, 6.45) is 2.43. The van der Waals surface area contributed by atoms with E-state index in [0.29, 0.717) is 18.1 Å². The van der Waals surface area contributed by atoms with Crippen LogP contribution in [0.1, 0.15) is 25.0 Å². The van der Waals surface area contributed by atoms with Crippen LogP contribution < -0.4 is 11.1 Å². The van der Waals surface area contributed by atoms with Gasteiger partial charge in [-0.1, -0.05) is 0 Å². The van der Waals surface area contributed by atoms with Crippen molar-refractivity contribution in [2.75, 3.05) is 17.7 Å². The van der Waals surface area contributed by atoms with Gasteiger partial charge < -0.3 is 15.8 Å². The summed E-state index contributed by atoms with van der Waals surface area (Å²) in [6, 6.07) is 0. The third-order valence-corrected chi connectivity index (χ3v) is 2.71. The van der Waals surface area contributed by atoms with Crippen LogP contribution in [-0.4, -0.2) is 28.8 Å². The van der Waals surface area contributed by atoms with Gasteiger partial charge in [-0.25, -0.2) is 0 Å². The molecule has 6 heteroatoms. The Balaban J connectivity index is 1.98. The molecule has 6 nitrogen and oxygen atoms in total. The molecule has 0 aliphatic carbocycles. The number of nitrogens with zero attached hydrogens (tertiary/aromatic N) is 1. The lowest BCUT2D eigenvalue weighted by molar-refractivity contribution is -0.130. The van der Waals surface area contributed by atoms with Gasteiger partial charge in [0.1, 0.15) is 6.10 Å². The Morgan fingerprint density at radius 2 is 2.44 bits per heavy atom. The zero-order valence-corrected chi connectivity index (χ0v) is 9.25. The van der Waals surface area contributed by atoms with Crippen LogP contribution in [0, 0.1) is 6.92 Å². The van der Waals surface area contributed by atoms with E-state index in [4.69, 9.17) is 10.5 Å². The SMILES string of the molecule is Cc1[nH]nc(NC(=O)C2CCCCO2)c1N. The number of carbonyl (C=O) groups excluding carboxylic acids is 1. The number of nitrogen functional groups attached to an aromatic ring is 1. The number of nitrogens with two attached hydrogens (primary N) is 1. The molecule has 0 aromatic carbocycles. The molecule has 1 amide bonds. The maximum absolute atomic E-state index is 11.8. The van der Waals surface area contributed by atoms with E-state index < -0.39 is 0 Å². The van der Waals surface area contributed by atoms with Gasteiger partial charge in [0, 0.05) is 6.61 Å². The van der Waals surface area contributed by atoms with Crippen LogP contribution in [0.2, 0.25) is 0 Å². The fourth-order valence-electron chi connectivity index (χ4n) is 1.68. The number of aryl methyl sites for hydroxylation is 1. The number of carbonyl (C=O) groups is 1. The molecule has 1 atom stereocenters. The van der Waals surface area contributed by atoms with Gasteiger partial charge in [-0.15, -0.1) is 0 Å². The quantitative estimate of drug-likeness (QED) is 0.693. The van der Waals surface area contributed by atoms with E-state index in [1.807, 2.05) is 0 Å². The maximum Gasteiger partial charge on any atom is 0.254 e. The second-order valence-corrected chi connectivity index (χ2v) is 3.96. The van der Waals surface area contributed by atoms with Crippen molar-refractivity contribution in [2.45, 2.75) is 32.3 Å². The van der Waals surface area contributed by atoms with E-state index in [9.17, 15) is 4.79 Å². The highest BCUT2D eigenvalue weighted by Gasteiger charge is 2.23. The van der Waals surface area contributed by atoms with Crippen molar-refractivity contribution in [3.05, 3.63) is 5.69 Å². The fourth-order valence-corrected chi connectivity index (χ4v) is 1.68. The number of rotatable bonds is 2. The summed E-state index contributed by atoms with van der Waals surface area (Å²) in [5.41, 5.74) is 6.96. The lowest BCUT2D eigenvalue weighted by Crippen LogP contribution is -2.33. The van der Waals surface area contributed by atoms with Gasteiger partial charge in [-0.3, -0.25) is 9.89 Å². The Morgan fingerprint density at radius 1 is 1.62 bits per heavy atom. The monoisotopic (exact) mass is 224 g/mol. The fraction of sp³-hybridized carbons (Fsp3) is 0.600. The molecule has 16 heavy (non-hydrogen) atoms. The average molecular weight is 224 g/mol. The first-order valence-electron chi connectivity index (χ1n) is 5.41. The van der Waals surface area contributed by atoms with Crippen molar-refractivity contribution >= 4 is 17.4 Å². The number of aromatic amines is 1. The first-order chi connectivity index (χ1) is 7.68. The minimum Gasteiger partial charge on any atom is -0.394 e. The van der Waals surface area contributed by atoms with Gasteiger partial charge in [0.25, 0.3) is 5.91 Å². The number of ether oxygens (including phenoxy) is 1. The normalized spacial score (nSPS) is 20.7. The number of anilines is 2. The van der Waals surface area contributed by atoms with Crippen molar-refractivity contribution in [1.82, 2.24) is 10.2 Å². The van der Waals surface area contributed by atoms with Gasteiger partial charge in [0.2, 0.25) is 0 Å². The molecule has 88 valence electrons. The van der Waals surface area contributed by atoms with E-state index in [1.54, 1.807) is 6.92 Å². The maximum atomic E-state index is 11.8. The summed E-state index contributed by atoms with van der Waals surface area (Å²) >= 11 is 0. The molecule has 1 aromatic heterocycles. The topological polar surface area (TPSA) is 93.0 Å². The Bertz CT molecular complexity index is 382. The van der Waals surface area contributed by atoms with E-state index in [2.05, 4.69) is 15.5 Å². The molecule has 1 fully saturated rings. The molecule has 0 radical (unpaired) electrons. The van der Waals surface area contributed by atoms with Gasteiger partial charge >= 0.3 is 0 Å². The second kappa shape index (κ2) is 4.52. The van der Waals surface area contributed by atoms with E-state index in [-0.39, 0.29) is 12.0 Å². The van der Waals surface area contributed by atoms with Crippen LogP contribution >= 0.6 is 0 Å². The van der Waals surface area contributed by atoms with E-state index in [0.717, 1.165) is 25.0 Å². The number of H-pyrrole nitrogens is 1. The third kappa shape index (κ3) is 2.16. The first kappa shape index (κ1) is 10.9. The van der Waals surface area contributed by atoms with Crippen molar-refractivity contribution in [2.24, 2.45) is 0 Å². The predicted octanol–water partition coefficient (Wildman–Crippen LogP) is 0.808. The minimum absolute atomic E-state index is 0.169. The number of nitrogens with one attached hydrogen (secondary N) is 2. The van der Waals surface area contributed by atoms with Crippen LogP contribution in [0.3, 0.4) is 0 Å². The standard InChI is InChI=1S/C10H16N4O2/c1-6-8(11)9(14-13-6)12-10(15)7-4-2-3-5-16-7/h7H,2-5,11H2,1H3,(H2,12,13,14,15). The molecular formula is C10H16N4O2. The van der Waals surface area contributed by atoms with Crippen molar-refractivity contribution < 1.29 is 9.53 Å². The highest BCUT2D eigenvalue weighted by atomic mass is 16.5. The first-order valence-corrected chi connectivity index (χ1v) is 5.41. The smallest absolute Gasteiger partial charge is 0.254 e. The molecule has 1 aliphatic heterocycles. The molecular weight excluding hydrogens is 208 g/mol. The summed E-state index contributed by atoms with van der Waals surface area (Å²) in [6.45, 7) is 2.45. The highest BCUT2D eigenvalue weighted by Crippen LogP contribution is 2.20. The molecule has 0 saturated carbocycles. The number of hydrogen-bond acceptors (Lipinski definition) is 4. The minimum atomic E-state index is -0.370. The third-order valence-electron chi connectivity index (χ3n) is 2.71. The van der Waals surface area contributed by atoms with Crippen LogP contribution in [0.15, 0.2) is 0 Å². The molecule has 0 spiro atoms. The number of hydrogen-bond donors (Lipinski definition) is 3. The Hall–Kier alpha value is -1.56. The van der Waals surface area contributed by atoms with Crippen molar-refractivity contribution in [1.29, 1.82) is 0 Å². The van der Waals surface area contributed by atoms with E-state index >= 15 is 0 Å². The summed E-state index contributed by atoms with van der Waals surface area (Å²) in [7, 11) is 0. The number of amides is 1. The molecule has 4 N–H and O–H groups in total. The second-order valence-electron chi connectivity index (χ2n) is 3.96. The summed E-state index contributed by atoms with van der Waals surface area (Å²) in [5.74, 6) is 0.217. The lowest BCUT2D eigenvalue weighted by atomic mass is 10.1. The van der Waals surface area contributed by atoms with Crippen LogP contribution in [0.25, 0.3) is 0 Å². The largest absolute Gasteiger partial charge is 0.394 e. The summed E-state index contributed by atoms with van der Waals surface area (Å²) in [4.78, 5) is 11.8. The molecule has 0 bridgehead atoms. The van der Waals surface area contributed by atoms with Crippen molar-refractivity contribution in [3.63, 3.8) is 0 Å². The lowest BCUT2D eigenvalue weighted by Gasteiger charge is -2.21. The zero-order chi connectivity index (χ0) is 11.5. The van der Waals surface area contributed by atoms with Gasteiger partial charge in [0.15, 0.2) is 5.82 Å². The molecule has 1 saturated heterocycles. The predicted molar refractivity (Wildman–Crippen MR) is 60.0 cm³/mol. The highest BCUT2D eigenvalue weighted by molar-refractivity contribution is 5.95. The van der Waals surface area contributed by atoms with Crippen LogP contribution in [-0.2, 0) is 9.53 Å². The molecule has 2 heterocycles. The molecule has 1 aromatic rings. The molecule has 2 rings (SSSR count). The van der Waals surface area contributed by atoms with Crippen LogP contribution in [0.4, 0.5) is 11.5 Å².